The molecular weight excluding hydrogens is 742 g/mol. The van der Waals surface area contributed by atoms with Crippen LogP contribution in [-0.2, 0) is 30.3 Å². The van der Waals surface area contributed by atoms with E-state index in [0.29, 0.717) is 40.3 Å². The summed E-state index contributed by atoms with van der Waals surface area (Å²) in [5, 5.41) is 9.46. The number of carbonyl (C=O) groups excluding carboxylic acids is 5. The van der Waals surface area contributed by atoms with Crippen molar-refractivity contribution in [1.82, 2.24) is 25.4 Å². The van der Waals surface area contributed by atoms with Gasteiger partial charge in [0.25, 0.3) is 0 Å². The number of nitrogens with zero attached hydrogens (tertiary/aromatic N) is 2. The van der Waals surface area contributed by atoms with Crippen molar-refractivity contribution in [2.45, 2.75) is 169 Å². The number of ether oxygens (including phenoxy) is 2. The normalized spacial score (nSPS) is 18.2. The number of rotatable bonds is 13. The van der Waals surface area contributed by atoms with E-state index in [9.17, 15) is 24.0 Å². The lowest BCUT2D eigenvalue weighted by Gasteiger charge is -2.39. The van der Waals surface area contributed by atoms with Crippen molar-refractivity contribution in [3.8, 4) is 0 Å². The molecule has 0 unspecified atom stereocenters. The van der Waals surface area contributed by atoms with Crippen LogP contribution in [0.5, 0.6) is 0 Å². The van der Waals surface area contributed by atoms with Gasteiger partial charge in [-0.05, 0) is 121 Å². The standard InChI is InChI=1S/C40H62BrN5O7/c1-12-13-20-29(36(49)52-39(6,7)8)42-35(48)31(23-28-27-19-14-15-21-32(27)46(33(28)41)38(51)53-40(9,10)11)43-34(47)30(22-24(2)3)44-37(50)45-25(4)17-16-18-26(45)5/h14-15,19,21,24-26,29-31H,12-13,16-18,20,22-23H2,1-11H3,(H,42,48)(H,43,47)(H,44,50)/t25-,26+,29-,30+,31-/m1/s1. The van der Waals surface area contributed by atoms with Gasteiger partial charge >= 0.3 is 18.1 Å². The van der Waals surface area contributed by atoms with Gasteiger partial charge in [-0.2, -0.15) is 0 Å². The number of aromatic nitrogens is 1. The topological polar surface area (TPSA) is 148 Å². The minimum absolute atomic E-state index is 0.0209. The SMILES string of the molecule is CCCC[C@@H](NC(=O)[C@@H](Cc1c(Br)n(C(=O)OC(C)(C)C)c2ccccc12)NC(=O)[C@H](CC(C)C)NC(=O)N1[C@H](C)CCC[C@@H]1C)C(=O)OC(C)(C)C. The molecule has 3 rings (SSSR count). The molecule has 53 heavy (non-hydrogen) atoms. The van der Waals surface area contributed by atoms with Crippen LogP contribution in [-0.4, -0.2) is 80.8 Å². The number of nitrogens with one attached hydrogen (secondary N) is 3. The first-order valence-corrected chi connectivity index (χ1v) is 19.9. The predicted octanol–water partition coefficient (Wildman–Crippen LogP) is 7.62. The molecule has 5 atom stereocenters. The number of fused-ring (bicyclic) bond motifs is 1. The Kier molecular flexibility index (Phi) is 15.4. The van der Waals surface area contributed by atoms with Crippen LogP contribution in [0, 0.1) is 5.92 Å². The largest absolute Gasteiger partial charge is 0.458 e. The van der Waals surface area contributed by atoms with Crippen molar-refractivity contribution in [3.05, 3.63) is 34.4 Å². The van der Waals surface area contributed by atoms with E-state index in [0.717, 1.165) is 25.7 Å². The first-order chi connectivity index (χ1) is 24.6. The zero-order valence-corrected chi connectivity index (χ0v) is 35.1. The Hall–Kier alpha value is -3.61. The van der Waals surface area contributed by atoms with Gasteiger partial charge in [0.15, 0.2) is 0 Å². The minimum atomic E-state index is -1.21. The van der Waals surface area contributed by atoms with Crippen LogP contribution in [0.3, 0.4) is 0 Å². The molecule has 1 aromatic heterocycles. The second-order valence-corrected chi connectivity index (χ2v) is 17.5. The van der Waals surface area contributed by atoms with E-state index in [2.05, 4.69) is 31.9 Å². The monoisotopic (exact) mass is 803 g/mol. The Labute approximate surface area is 324 Å². The summed E-state index contributed by atoms with van der Waals surface area (Å²) in [4.78, 5) is 70.9. The smallest absolute Gasteiger partial charge is 0.419 e. The highest BCUT2D eigenvalue weighted by Crippen LogP contribution is 2.33. The molecule has 0 saturated carbocycles. The molecule has 0 radical (unpaired) electrons. The van der Waals surface area contributed by atoms with Crippen LogP contribution < -0.4 is 16.0 Å². The molecular formula is C40H62BrN5O7. The number of para-hydroxylation sites is 1. The molecule has 13 heteroatoms. The van der Waals surface area contributed by atoms with Crippen LogP contribution in [0.15, 0.2) is 28.9 Å². The van der Waals surface area contributed by atoms with E-state index < -0.39 is 53.2 Å². The van der Waals surface area contributed by atoms with E-state index in [4.69, 9.17) is 9.47 Å². The number of urea groups is 1. The first kappa shape index (κ1) is 43.8. The van der Waals surface area contributed by atoms with E-state index in [-0.39, 0.29) is 30.5 Å². The maximum Gasteiger partial charge on any atom is 0.419 e. The highest BCUT2D eigenvalue weighted by atomic mass is 79.9. The molecule has 1 fully saturated rings. The zero-order chi connectivity index (χ0) is 39.8. The number of esters is 1. The Bertz CT molecular complexity index is 1600. The minimum Gasteiger partial charge on any atom is -0.458 e. The van der Waals surface area contributed by atoms with Gasteiger partial charge in [-0.3, -0.25) is 9.59 Å². The lowest BCUT2D eigenvalue weighted by atomic mass is 9.97. The van der Waals surface area contributed by atoms with Crippen LogP contribution in [0.25, 0.3) is 10.9 Å². The van der Waals surface area contributed by atoms with Crippen molar-refractivity contribution in [2.24, 2.45) is 5.92 Å². The van der Waals surface area contributed by atoms with Gasteiger partial charge in [-0.1, -0.05) is 51.8 Å². The third kappa shape index (κ3) is 12.5. The summed E-state index contributed by atoms with van der Waals surface area (Å²) in [6.45, 7) is 20.6. The first-order valence-electron chi connectivity index (χ1n) is 19.1. The van der Waals surface area contributed by atoms with Gasteiger partial charge in [0.2, 0.25) is 11.8 Å². The van der Waals surface area contributed by atoms with E-state index in [1.165, 1.54) is 4.57 Å². The molecule has 2 aromatic rings. The lowest BCUT2D eigenvalue weighted by molar-refractivity contribution is -0.159. The number of halogens is 1. The van der Waals surface area contributed by atoms with Crippen LogP contribution in [0.4, 0.5) is 9.59 Å². The lowest BCUT2D eigenvalue weighted by Crippen LogP contribution is -2.59. The molecule has 2 heterocycles. The summed E-state index contributed by atoms with van der Waals surface area (Å²) >= 11 is 3.62. The van der Waals surface area contributed by atoms with Gasteiger partial charge in [0.1, 0.15) is 29.3 Å². The van der Waals surface area contributed by atoms with Crippen LogP contribution in [0.1, 0.15) is 127 Å². The summed E-state index contributed by atoms with van der Waals surface area (Å²) < 4.78 is 13.2. The summed E-state index contributed by atoms with van der Waals surface area (Å²) in [6, 6.07) is 3.86. The summed E-state index contributed by atoms with van der Waals surface area (Å²) in [6.07, 6.45) is 4.25. The summed E-state index contributed by atoms with van der Waals surface area (Å²) in [5.74, 6) is -1.65. The maximum atomic E-state index is 14.4. The number of hydrogen-bond donors (Lipinski definition) is 3. The number of likely N-dealkylation sites (tertiary alicyclic amines) is 1. The molecule has 3 N–H and O–H groups in total. The highest BCUT2D eigenvalue weighted by molar-refractivity contribution is 9.10. The molecule has 296 valence electrons. The Balaban J connectivity index is 2.06. The number of amides is 4. The van der Waals surface area contributed by atoms with Gasteiger partial charge in [0.05, 0.1) is 10.1 Å². The second-order valence-electron chi connectivity index (χ2n) is 16.8. The van der Waals surface area contributed by atoms with Crippen molar-refractivity contribution in [1.29, 1.82) is 0 Å². The van der Waals surface area contributed by atoms with E-state index >= 15 is 0 Å². The molecule has 0 aliphatic carbocycles. The van der Waals surface area contributed by atoms with Crippen molar-refractivity contribution >= 4 is 56.7 Å². The third-order valence-corrected chi connectivity index (χ3v) is 9.97. The van der Waals surface area contributed by atoms with Crippen LogP contribution in [0.2, 0.25) is 0 Å². The van der Waals surface area contributed by atoms with E-state index in [1.807, 2.05) is 46.8 Å². The van der Waals surface area contributed by atoms with Crippen molar-refractivity contribution in [3.63, 3.8) is 0 Å². The molecule has 0 spiro atoms. The zero-order valence-electron chi connectivity index (χ0n) is 33.6. The fraction of sp³-hybridized carbons (Fsp3) is 0.675. The average molecular weight is 805 g/mol. The van der Waals surface area contributed by atoms with Gasteiger partial charge < -0.3 is 30.3 Å². The molecule has 1 aromatic carbocycles. The van der Waals surface area contributed by atoms with Gasteiger partial charge in [0, 0.05) is 23.9 Å². The fourth-order valence-electron chi connectivity index (χ4n) is 6.69. The molecule has 1 aliphatic heterocycles. The van der Waals surface area contributed by atoms with Crippen LogP contribution >= 0.6 is 15.9 Å². The van der Waals surface area contributed by atoms with Gasteiger partial charge in [-0.25, -0.2) is 19.0 Å². The number of benzene rings is 1. The summed E-state index contributed by atoms with van der Waals surface area (Å²) in [7, 11) is 0. The number of carbonyl (C=O) groups is 5. The third-order valence-electron chi connectivity index (χ3n) is 9.14. The maximum absolute atomic E-state index is 14.4. The number of hydrogen-bond acceptors (Lipinski definition) is 7. The van der Waals surface area contributed by atoms with Crippen molar-refractivity contribution in [2.75, 3.05) is 0 Å². The Morgan fingerprint density at radius 3 is 1.98 bits per heavy atom. The quantitative estimate of drug-likeness (QED) is 0.177. The Morgan fingerprint density at radius 2 is 1.42 bits per heavy atom. The van der Waals surface area contributed by atoms with E-state index in [1.54, 1.807) is 58.6 Å². The number of piperidine rings is 1. The highest BCUT2D eigenvalue weighted by Gasteiger charge is 2.36. The van der Waals surface area contributed by atoms with Crippen molar-refractivity contribution < 1.29 is 33.4 Å². The molecule has 1 saturated heterocycles. The fourth-order valence-corrected chi connectivity index (χ4v) is 7.40. The second kappa shape index (κ2) is 18.6. The number of unbranched alkanes of at least 4 members (excludes halogenated alkanes) is 1. The molecule has 4 amide bonds. The molecule has 1 aliphatic rings. The summed E-state index contributed by atoms with van der Waals surface area (Å²) in [5.41, 5.74) is -0.416. The molecule has 12 nitrogen and oxygen atoms in total. The Morgan fingerprint density at radius 1 is 0.849 bits per heavy atom. The average Bonchev–Trinajstić information content (AvgIpc) is 3.30. The van der Waals surface area contributed by atoms with Gasteiger partial charge in [-0.15, -0.1) is 0 Å². The molecule has 0 bridgehead atoms. The predicted molar refractivity (Wildman–Crippen MR) is 211 cm³/mol.